The molecule has 2 amide bonds. The topological polar surface area (TPSA) is 89.0 Å². The number of phenols is 1. The minimum Gasteiger partial charge on any atom is -0.508 e. The van der Waals surface area contributed by atoms with Gasteiger partial charge in [0.1, 0.15) is 17.6 Å². The van der Waals surface area contributed by atoms with E-state index in [0.717, 1.165) is 23.5 Å². The van der Waals surface area contributed by atoms with Gasteiger partial charge in [-0.1, -0.05) is 18.2 Å². The number of aromatic hydroxyl groups is 1. The van der Waals surface area contributed by atoms with Crippen LogP contribution in [0.5, 0.6) is 5.75 Å². The Morgan fingerprint density at radius 2 is 1.71 bits per heavy atom. The molecule has 1 aliphatic heterocycles. The Morgan fingerprint density at radius 3 is 2.26 bits per heavy atom. The van der Waals surface area contributed by atoms with Crippen molar-refractivity contribution in [1.82, 2.24) is 20.1 Å². The van der Waals surface area contributed by atoms with Crippen LogP contribution in [-0.2, 0) is 22.6 Å². The maximum absolute atomic E-state index is 13.1. The van der Waals surface area contributed by atoms with E-state index in [-0.39, 0.29) is 17.6 Å². The normalized spacial score (nSPS) is 15.1. The smallest absolute Gasteiger partial charge is 0.245 e. The van der Waals surface area contributed by atoms with Crippen LogP contribution in [0, 0.1) is 0 Å². The summed E-state index contributed by atoms with van der Waals surface area (Å²) < 4.78 is 0. The van der Waals surface area contributed by atoms with Crippen LogP contribution in [-0.4, -0.2) is 78.0 Å². The van der Waals surface area contributed by atoms with Crippen molar-refractivity contribution in [2.75, 3.05) is 45.2 Å². The average Bonchev–Trinajstić information content (AvgIpc) is 2.74. The molecule has 8 heteroatoms. The number of benzene rings is 1. The lowest BCUT2D eigenvalue weighted by atomic mass is 10.0. The summed E-state index contributed by atoms with van der Waals surface area (Å²) in [6.45, 7) is 4.80. The maximum Gasteiger partial charge on any atom is 0.245 e. The van der Waals surface area contributed by atoms with Gasteiger partial charge >= 0.3 is 0 Å². The summed E-state index contributed by atoms with van der Waals surface area (Å²) in [6, 6.07) is 10.2. The molecule has 166 valence electrons. The van der Waals surface area contributed by atoms with Crippen molar-refractivity contribution in [2.24, 2.45) is 0 Å². The van der Waals surface area contributed by atoms with Gasteiger partial charge in [0.2, 0.25) is 11.8 Å². The molecular weight excluding hydrogens is 394 g/mol. The van der Waals surface area contributed by atoms with E-state index in [1.165, 1.54) is 6.92 Å². The molecule has 0 unspecified atom stereocenters. The SMILES string of the molecule is CC(=O)N[C@@H](Cc1ccc(O)cc1)C(=O)N1CCN(c2ccc(CN(C)C)cn2)CC1. The second-order valence-corrected chi connectivity index (χ2v) is 8.20. The van der Waals surface area contributed by atoms with Crippen LogP contribution >= 0.6 is 0 Å². The lowest BCUT2D eigenvalue weighted by Gasteiger charge is -2.37. The fourth-order valence-electron chi connectivity index (χ4n) is 3.75. The van der Waals surface area contributed by atoms with Crippen molar-refractivity contribution in [3.05, 3.63) is 53.7 Å². The highest BCUT2D eigenvalue weighted by Gasteiger charge is 2.28. The molecular formula is C23H31N5O3. The highest BCUT2D eigenvalue weighted by molar-refractivity contribution is 5.87. The largest absolute Gasteiger partial charge is 0.508 e. The summed E-state index contributed by atoms with van der Waals surface area (Å²) in [5, 5.41) is 12.2. The predicted molar refractivity (Wildman–Crippen MR) is 120 cm³/mol. The molecule has 1 fully saturated rings. The average molecular weight is 426 g/mol. The van der Waals surface area contributed by atoms with Crippen LogP contribution in [0.2, 0.25) is 0 Å². The number of carbonyl (C=O) groups excluding carboxylic acids is 2. The van der Waals surface area contributed by atoms with Crippen molar-refractivity contribution in [3.63, 3.8) is 0 Å². The summed E-state index contributed by atoms with van der Waals surface area (Å²) in [7, 11) is 4.06. The third-order valence-electron chi connectivity index (χ3n) is 5.28. The van der Waals surface area contributed by atoms with Gasteiger partial charge in [-0.2, -0.15) is 0 Å². The van der Waals surface area contributed by atoms with Crippen molar-refractivity contribution in [3.8, 4) is 5.75 Å². The summed E-state index contributed by atoms with van der Waals surface area (Å²) in [5.74, 6) is 0.762. The second-order valence-electron chi connectivity index (χ2n) is 8.20. The monoisotopic (exact) mass is 425 g/mol. The van der Waals surface area contributed by atoms with Gasteiger partial charge in [-0.15, -0.1) is 0 Å². The number of aromatic nitrogens is 1. The number of piperazine rings is 1. The molecule has 0 bridgehead atoms. The van der Waals surface area contributed by atoms with Crippen LogP contribution in [0.15, 0.2) is 42.6 Å². The number of hydrogen-bond donors (Lipinski definition) is 2. The molecule has 1 saturated heterocycles. The zero-order chi connectivity index (χ0) is 22.4. The Kier molecular flexibility index (Phi) is 7.46. The van der Waals surface area contributed by atoms with Crippen LogP contribution < -0.4 is 10.2 Å². The number of pyridine rings is 1. The minimum absolute atomic E-state index is 0.0859. The Morgan fingerprint density at radius 1 is 1.06 bits per heavy atom. The Labute approximate surface area is 183 Å². The lowest BCUT2D eigenvalue weighted by molar-refractivity contribution is -0.136. The number of rotatable bonds is 7. The minimum atomic E-state index is -0.628. The van der Waals surface area contributed by atoms with Crippen molar-refractivity contribution in [1.29, 1.82) is 0 Å². The summed E-state index contributed by atoms with van der Waals surface area (Å²) >= 11 is 0. The van der Waals surface area contributed by atoms with E-state index in [0.29, 0.717) is 32.6 Å². The molecule has 1 aromatic heterocycles. The molecule has 2 N–H and O–H groups in total. The highest BCUT2D eigenvalue weighted by atomic mass is 16.3. The van der Waals surface area contributed by atoms with E-state index in [9.17, 15) is 14.7 Å². The molecule has 0 saturated carbocycles. The quantitative estimate of drug-likeness (QED) is 0.694. The van der Waals surface area contributed by atoms with Gasteiger partial charge in [0.25, 0.3) is 0 Å². The number of nitrogens with one attached hydrogen (secondary N) is 1. The van der Waals surface area contributed by atoms with Crippen molar-refractivity contribution < 1.29 is 14.7 Å². The predicted octanol–water partition coefficient (Wildman–Crippen LogP) is 1.24. The van der Waals surface area contributed by atoms with Gasteiger partial charge in [0.05, 0.1) is 0 Å². The van der Waals surface area contributed by atoms with Crippen molar-refractivity contribution >= 4 is 17.6 Å². The van der Waals surface area contributed by atoms with E-state index < -0.39 is 6.04 Å². The van der Waals surface area contributed by atoms with Gasteiger partial charge in [-0.25, -0.2) is 4.98 Å². The molecule has 2 aromatic rings. The molecule has 2 heterocycles. The van der Waals surface area contributed by atoms with Gasteiger partial charge in [0, 0.05) is 52.3 Å². The molecule has 1 aromatic carbocycles. The molecule has 0 aliphatic carbocycles. The van der Waals surface area contributed by atoms with Gasteiger partial charge < -0.3 is 25.1 Å². The molecule has 8 nitrogen and oxygen atoms in total. The van der Waals surface area contributed by atoms with E-state index in [1.807, 2.05) is 26.4 Å². The second kappa shape index (κ2) is 10.3. The summed E-state index contributed by atoms with van der Waals surface area (Å²) in [5.41, 5.74) is 2.04. The standard InChI is InChI=1S/C23H31N5O3/c1-17(29)25-21(14-18-4-7-20(30)8-5-18)23(31)28-12-10-27(11-13-28)22-9-6-19(15-24-22)16-26(2)3/h4-9,15,21,30H,10-14,16H2,1-3H3,(H,25,29)/t21-/m0/s1. The Balaban J connectivity index is 1.60. The summed E-state index contributed by atoms with van der Waals surface area (Å²) in [6.07, 6.45) is 2.28. The first-order valence-corrected chi connectivity index (χ1v) is 10.5. The van der Waals surface area contributed by atoms with Crippen LogP contribution in [0.25, 0.3) is 0 Å². The number of hydrogen-bond acceptors (Lipinski definition) is 6. The molecule has 1 aliphatic rings. The fraction of sp³-hybridized carbons (Fsp3) is 0.435. The first-order chi connectivity index (χ1) is 14.8. The van der Waals surface area contributed by atoms with Gasteiger partial charge in [-0.3, -0.25) is 9.59 Å². The third kappa shape index (κ3) is 6.42. The van der Waals surface area contributed by atoms with Gasteiger partial charge in [-0.05, 0) is 43.4 Å². The molecule has 3 rings (SSSR count). The maximum atomic E-state index is 13.1. The molecule has 1 atom stereocenters. The summed E-state index contributed by atoms with van der Waals surface area (Å²) in [4.78, 5) is 35.5. The number of nitrogens with zero attached hydrogens (tertiary/aromatic N) is 4. The van der Waals surface area contributed by atoms with Crippen LogP contribution in [0.4, 0.5) is 5.82 Å². The molecule has 31 heavy (non-hydrogen) atoms. The van der Waals surface area contributed by atoms with Crippen LogP contribution in [0.3, 0.4) is 0 Å². The first kappa shape index (κ1) is 22.6. The Hall–Kier alpha value is -3.13. The number of carbonyl (C=O) groups is 2. The molecule has 0 spiro atoms. The number of amides is 2. The van der Waals surface area contributed by atoms with E-state index in [1.54, 1.807) is 29.2 Å². The number of anilines is 1. The Bertz CT molecular complexity index is 875. The first-order valence-electron chi connectivity index (χ1n) is 10.5. The highest BCUT2D eigenvalue weighted by Crippen LogP contribution is 2.17. The molecule has 0 radical (unpaired) electrons. The van der Waals surface area contributed by atoms with Gasteiger partial charge in [0.15, 0.2) is 0 Å². The van der Waals surface area contributed by atoms with E-state index >= 15 is 0 Å². The zero-order valence-corrected chi connectivity index (χ0v) is 18.4. The number of phenolic OH excluding ortho intramolecular Hbond substituents is 1. The third-order valence-corrected chi connectivity index (χ3v) is 5.28. The van der Waals surface area contributed by atoms with Crippen LogP contribution in [0.1, 0.15) is 18.1 Å². The lowest BCUT2D eigenvalue weighted by Crippen LogP contribution is -2.55. The fourth-order valence-corrected chi connectivity index (χ4v) is 3.75. The zero-order valence-electron chi connectivity index (χ0n) is 18.4. The van der Waals surface area contributed by atoms with E-state index in [4.69, 9.17) is 0 Å². The van der Waals surface area contributed by atoms with Crippen molar-refractivity contribution in [2.45, 2.75) is 25.9 Å². The van der Waals surface area contributed by atoms with E-state index in [2.05, 4.69) is 26.2 Å².